The molecule has 1 aromatic heterocycles. The van der Waals surface area contributed by atoms with E-state index in [1.54, 1.807) is 18.3 Å². The lowest BCUT2D eigenvalue weighted by atomic mass is 10.0. The van der Waals surface area contributed by atoms with E-state index >= 15 is 0 Å². The predicted molar refractivity (Wildman–Crippen MR) is 69.9 cm³/mol. The van der Waals surface area contributed by atoms with Crippen molar-refractivity contribution in [2.45, 2.75) is 12.5 Å². The van der Waals surface area contributed by atoms with Crippen molar-refractivity contribution in [2.24, 2.45) is 5.84 Å². The third-order valence-electron chi connectivity index (χ3n) is 2.62. The molecule has 2 aromatic rings. The summed E-state index contributed by atoms with van der Waals surface area (Å²) in [5.41, 5.74) is 4.28. The zero-order chi connectivity index (χ0) is 13.0. The number of rotatable bonds is 4. The Balaban J connectivity index is 2.24. The maximum Gasteiger partial charge on any atom is 0.137 e. The number of benzene rings is 1. The molecule has 0 fully saturated rings. The van der Waals surface area contributed by atoms with Crippen molar-refractivity contribution in [3.05, 3.63) is 58.3 Å². The smallest absolute Gasteiger partial charge is 0.137 e. The van der Waals surface area contributed by atoms with Crippen LogP contribution in [0.2, 0.25) is 0 Å². The third-order valence-corrected chi connectivity index (χ3v) is 3.51. The highest BCUT2D eigenvalue weighted by Crippen LogP contribution is 2.24. The van der Waals surface area contributed by atoms with Gasteiger partial charge in [0.2, 0.25) is 0 Å². The minimum atomic E-state index is -0.286. The number of aromatic nitrogens is 2. The fourth-order valence-corrected chi connectivity index (χ4v) is 2.11. The first kappa shape index (κ1) is 13.1. The second kappa shape index (κ2) is 5.99. The van der Waals surface area contributed by atoms with Gasteiger partial charge in [-0.25, -0.2) is 14.4 Å². The van der Waals surface area contributed by atoms with E-state index < -0.39 is 0 Å². The van der Waals surface area contributed by atoms with Crippen molar-refractivity contribution in [3.63, 3.8) is 0 Å². The normalized spacial score (nSPS) is 12.4. The Labute approximate surface area is 113 Å². The molecule has 1 heterocycles. The first-order valence-corrected chi connectivity index (χ1v) is 6.16. The SMILES string of the molecule is NNC(Cc1cccc(F)c1Br)c1ccncn1. The fourth-order valence-electron chi connectivity index (χ4n) is 1.68. The van der Waals surface area contributed by atoms with Gasteiger partial charge in [0.1, 0.15) is 12.1 Å². The van der Waals surface area contributed by atoms with Crippen molar-refractivity contribution in [1.29, 1.82) is 0 Å². The lowest BCUT2D eigenvalue weighted by Crippen LogP contribution is -2.30. The first-order chi connectivity index (χ1) is 8.72. The van der Waals surface area contributed by atoms with Crippen LogP contribution in [0.15, 0.2) is 41.3 Å². The van der Waals surface area contributed by atoms with Gasteiger partial charge >= 0.3 is 0 Å². The van der Waals surface area contributed by atoms with E-state index in [0.29, 0.717) is 10.9 Å². The molecule has 0 spiro atoms. The summed E-state index contributed by atoms with van der Waals surface area (Å²) in [7, 11) is 0. The number of nitrogens with two attached hydrogens (primary N) is 1. The zero-order valence-electron chi connectivity index (χ0n) is 9.48. The van der Waals surface area contributed by atoms with Crippen LogP contribution in [0.4, 0.5) is 4.39 Å². The largest absolute Gasteiger partial charge is 0.271 e. The number of hydrogen-bond donors (Lipinski definition) is 2. The molecular formula is C12H12BrFN4. The van der Waals surface area contributed by atoms with Crippen LogP contribution in [-0.2, 0) is 6.42 Å². The van der Waals surface area contributed by atoms with E-state index in [9.17, 15) is 4.39 Å². The Morgan fingerprint density at radius 3 is 2.89 bits per heavy atom. The lowest BCUT2D eigenvalue weighted by Gasteiger charge is -2.16. The molecule has 1 aromatic carbocycles. The van der Waals surface area contributed by atoms with E-state index in [-0.39, 0.29) is 11.9 Å². The van der Waals surface area contributed by atoms with Crippen LogP contribution in [-0.4, -0.2) is 9.97 Å². The molecule has 4 nitrogen and oxygen atoms in total. The molecule has 0 aliphatic heterocycles. The molecule has 0 aliphatic rings. The number of hydrazine groups is 1. The average molecular weight is 311 g/mol. The van der Waals surface area contributed by atoms with E-state index in [2.05, 4.69) is 31.3 Å². The molecule has 1 unspecified atom stereocenters. The van der Waals surface area contributed by atoms with E-state index in [1.807, 2.05) is 6.07 Å². The summed E-state index contributed by atoms with van der Waals surface area (Å²) in [6.07, 6.45) is 3.64. The molecular weight excluding hydrogens is 299 g/mol. The summed E-state index contributed by atoms with van der Waals surface area (Å²) in [5, 5.41) is 0. The minimum absolute atomic E-state index is 0.189. The van der Waals surface area contributed by atoms with Gasteiger partial charge < -0.3 is 0 Å². The average Bonchev–Trinajstić information content (AvgIpc) is 2.41. The Bertz CT molecular complexity index is 521. The first-order valence-electron chi connectivity index (χ1n) is 5.37. The molecule has 0 saturated heterocycles. The molecule has 6 heteroatoms. The van der Waals surface area contributed by atoms with Crippen LogP contribution in [0.3, 0.4) is 0 Å². The molecule has 94 valence electrons. The molecule has 0 radical (unpaired) electrons. The quantitative estimate of drug-likeness (QED) is 0.671. The third kappa shape index (κ3) is 2.90. The molecule has 1 atom stereocenters. The van der Waals surface area contributed by atoms with Crippen molar-refractivity contribution in [3.8, 4) is 0 Å². The lowest BCUT2D eigenvalue weighted by molar-refractivity contribution is 0.532. The van der Waals surface area contributed by atoms with Crippen molar-refractivity contribution in [2.75, 3.05) is 0 Å². The van der Waals surface area contributed by atoms with Gasteiger partial charge in [-0.15, -0.1) is 0 Å². The van der Waals surface area contributed by atoms with E-state index in [4.69, 9.17) is 5.84 Å². The fraction of sp³-hybridized carbons (Fsp3) is 0.167. The van der Waals surface area contributed by atoms with Gasteiger partial charge in [0.05, 0.1) is 16.2 Å². The summed E-state index contributed by atoms with van der Waals surface area (Å²) < 4.78 is 13.9. The summed E-state index contributed by atoms with van der Waals surface area (Å²) in [6, 6.07) is 6.51. The topological polar surface area (TPSA) is 63.8 Å². The van der Waals surface area contributed by atoms with Crippen LogP contribution in [0.5, 0.6) is 0 Å². The van der Waals surface area contributed by atoms with Crippen LogP contribution in [0.25, 0.3) is 0 Å². The predicted octanol–water partition coefficient (Wildman–Crippen LogP) is 2.13. The van der Waals surface area contributed by atoms with Crippen molar-refractivity contribution in [1.82, 2.24) is 15.4 Å². The highest BCUT2D eigenvalue weighted by atomic mass is 79.9. The number of hydrogen-bond acceptors (Lipinski definition) is 4. The van der Waals surface area contributed by atoms with Gasteiger partial charge in [-0.05, 0) is 40.0 Å². The van der Waals surface area contributed by atoms with Crippen LogP contribution in [0, 0.1) is 5.82 Å². The van der Waals surface area contributed by atoms with Crippen molar-refractivity contribution >= 4 is 15.9 Å². The van der Waals surface area contributed by atoms with Gasteiger partial charge in [-0.2, -0.15) is 0 Å². The van der Waals surface area contributed by atoms with Gasteiger partial charge in [-0.1, -0.05) is 12.1 Å². The van der Waals surface area contributed by atoms with Crippen LogP contribution < -0.4 is 11.3 Å². The second-order valence-electron chi connectivity index (χ2n) is 3.77. The van der Waals surface area contributed by atoms with E-state index in [0.717, 1.165) is 11.3 Å². The van der Waals surface area contributed by atoms with Crippen LogP contribution in [0.1, 0.15) is 17.3 Å². The van der Waals surface area contributed by atoms with Gasteiger partial charge in [0.15, 0.2) is 0 Å². The molecule has 0 amide bonds. The summed E-state index contributed by atoms with van der Waals surface area (Å²) in [5.74, 6) is 5.24. The number of halogens is 2. The maximum atomic E-state index is 13.4. The Morgan fingerprint density at radius 2 is 2.22 bits per heavy atom. The van der Waals surface area contributed by atoms with Gasteiger partial charge in [0.25, 0.3) is 0 Å². The summed E-state index contributed by atoms with van der Waals surface area (Å²) >= 11 is 3.23. The maximum absolute atomic E-state index is 13.4. The van der Waals surface area contributed by atoms with Gasteiger partial charge in [0, 0.05) is 6.20 Å². The number of nitrogens with zero attached hydrogens (tertiary/aromatic N) is 2. The number of nitrogens with one attached hydrogen (secondary N) is 1. The Hall–Kier alpha value is -1.37. The van der Waals surface area contributed by atoms with Crippen LogP contribution >= 0.6 is 15.9 Å². The second-order valence-corrected chi connectivity index (χ2v) is 4.56. The molecule has 0 aliphatic carbocycles. The van der Waals surface area contributed by atoms with E-state index in [1.165, 1.54) is 12.4 Å². The van der Waals surface area contributed by atoms with Gasteiger partial charge in [-0.3, -0.25) is 11.3 Å². The molecule has 0 bridgehead atoms. The summed E-state index contributed by atoms with van der Waals surface area (Å²) in [4.78, 5) is 7.99. The Morgan fingerprint density at radius 1 is 1.39 bits per heavy atom. The highest BCUT2D eigenvalue weighted by Gasteiger charge is 2.14. The summed E-state index contributed by atoms with van der Waals surface area (Å²) in [6.45, 7) is 0. The Kier molecular flexibility index (Phi) is 4.35. The minimum Gasteiger partial charge on any atom is -0.271 e. The highest BCUT2D eigenvalue weighted by molar-refractivity contribution is 9.10. The molecule has 2 rings (SSSR count). The molecule has 3 N–H and O–H groups in total. The standard InChI is InChI=1S/C12H12BrFN4/c13-12-8(2-1-3-9(12)14)6-11(18-15)10-4-5-16-7-17-10/h1-5,7,11,18H,6,15H2. The molecule has 18 heavy (non-hydrogen) atoms. The van der Waals surface area contributed by atoms with Crippen molar-refractivity contribution < 1.29 is 4.39 Å². The monoisotopic (exact) mass is 310 g/mol. The molecule has 0 saturated carbocycles. The zero-order valence-corrected chi connectivity index (χ0v) is 11.1.